The van der Waals surface area contributed by atoms with E-state index in [0.29, 0.717) is 29.8 Å². The Morgan fingerprint density at radius 3 is 2.18 bits per heavy atom. The summed E-state index contributed by atoms with van der Waals surface area (Å²) >= 11 is 0. The number of phenolic OH excluding ortho intramolecular Hbond substituents is 1. The van der Waals surface area contributed by atoms with E-state index in [2.05, 4.69) is 41.2 Å². The number of hydrogen-bond acceptors (Lipinski definition) is 3. The van der Waals surface area contributed by atoms with E-state index in [0.717, 1.165) is 17.0 Å². The number of aryl methyl sites for hydroxylation is 1. The van der Waals surface area contributed by atoms with Crippen LogP contribution in [0.25, 0.3) is 0 Å². The molecule has 0 atom stereocenters. The zero-order valence-corrected chi connectivity index (χ0v) is 19.0. The van der Waals surface area contributed by atoms with Crippen LogP contribution in [0.5, 0.6) is 11.5 Å². The lowest BCUT2D eigenvalue weighted by atomic mass is 10.0. The molecule has 6 heteroatoms. The summed E-state index contributed by atoms with van der Waals surface area (Å²) in [5.41, 5.74) is 6.44. The average molecular weight is 442 g/mol. The van der Waals surface area contributed by atoms with E-state index < -0.39 is 0 Å². The summed E-state index contributed by atoms with van der Waals surface area (Å²) < 4.78 is 7.09. The third kappa shape index (κ3) is 5.23. The third-order valence-corrected chi connectivity index (χ3v) is 5.69. The lowest BCUT2D eigenvalue weighted by Gasteiger charge is -2.08. The van der Waals surface area contributed by atoms with Crippen molar-refractivity contribution in [2.45, 2.75) is 19.8 Å². The van der Waals surface area contributed by atoms with Gasteiger partial charge in [0.1, 0.15) is 11.5 Å². The van der Waals surface area contributed by atoms with Gasteiger partial charge in [0.15, 0.2) is 0 Å². The maximum absolute atomic E-state index is 12.8. The predicted octanol–water partition coefficient (Wildman–Crippen LogP) is 4.30. The highest BCUT2D eigenvalue weighted by Gasteiger charge is 2.14. The molecule has 0 saturated heterocycles. The fourth-order valence-corrected chi connectivity index (χ4v) is 3.71. The summed E-state index contributed by atoms with van der Waals surface area (Å²) in [6.45, 7) is 2.07. The number of benzene rings is 3. The van der Waals surface area contributed by atoms with E-state index >= 15 is 0 Å². The van der Waals surface area contributed by atoms with Crippen molar-refractivity contribution >= 4 is 5.91 Å². The van der Waals surface area contributed by atoms with Gasteiger partial charge in [-0.1, -0.05) is 42.0 Å². The number of ether oxygens (including phenoxy) is 1. The highest BCUT2D eigenvalue weighted by Crippen LogP contribution is 2.18. The molecular formula is C27H27N3O3. The van der Waals surface area contributed by atoms with Crippen LogP contribution in [0.3, 0.4) is 0 Å². The maximum Gasteiger partial charge on any atom is 0.280 e. The van der Waals surface area contributed by atoms with Crippen molar-refractivity contribution in [3.05, 3.63) is 112 Å². The molecule has 0 aliphatic heterocycles. The van der Waals surface area contributed by atoms with E-state index in [-0.39, 0.29) is 11.7 Å². The molecule has 3 aromatic carbocycles. The molecule has 0 fully saturated rings. The normalized spacial score (nSPS) is 11.5. The predicted molar refractivity (Wildman–Crippen MR) is 128 cm³/mol. The molecule has 33 heavy (non-hydrogen) atoms. The van der Waals surface area contributed by atoms with Gasteiger partial charge < -0.3 is 19.4 Å². The number of imidazole rings is 1. The highest BCUT2D eigenvalue weighted by atomic mass is 16.5. The molecule has 1 amide bonds. The summed E-state index contributed by atoms with van der Waals surface area (Å²) in [6.07, 6.45) is 1.33. The molecule has 2 N–H and O–H groups in total. The van der Waals surface area contributed by atoms with Crippen LogP contribution in [0.4, 0.5) is 0 Å². The number of carbonyl (C=O) groups is 1. The fourth-order valence-electron chi connectivity index (χ4n) is 3.71. The minimum atomic E-state index is -0.326. The van der Waals surface area contributed by atoms with Crippen molar-refractivity contribution in [2.24, 2.45) is 12.0 Å². The van der Waals surface area contributed by atoms with Gasteiger partial charge in [0.2, 0.25) is 5.62 Å². The van der Waals surface area contributed by atoms with E-state index in [9.17, 15) is 9.90 Å². The van der Waals surface area contributed by atoms with E-state index in [1.54, 1.807) is 43.5 Å². The van der Waals surface area contributed by atoms with Crippen LogP contribution >= 0.6 is 0 Å². The Morgan fingerprint density at radius 1 is 0.939 bits per heavy atom. The van der Waals surface area contributed by atoms with E-state index in [1.807, 2.05) is 23.7 Å². The van der Waals surface area contributed by atoms with Crippen molar-refractivity contribution in [1.82, 2.24) is 9.55 Å². The van der Waals surface area contributed by atoms with Crippen molar-refractivity contribution < 1.29 is 14.6 Å². The molecule has 4 rings (SSSR count). The molecular weight excluding hydrogens is 414 g/mol. The number of rotatable bonds is 6. The Hall–Kier alpha value is -4.06. The quantitative estimate of drug-likeness (QED) is 0.468. The van der Waals surface area contributed by atoms with Crippen LogP contribution < -0.4 is 10.4 Å². The first-order chi connectivity index (χ1) is 15.9. The molecule has 0 aliphatic carbocycles. The highest BCUT2D eigenvalue weighted by molar-refractivity contribution is 5.94. The van der Waals surface area contributed by atoms with Crippen LogP contribution in [0.1, 0.15) is 38.4 Å². The van der Waals surface area contributed by atoms with Gasteiger partial charge in [0, 0.05) is 36.8 Å². The number of phenols is 1. The molecule has 0 saturated carbocycles. The second-order valence-electron chi connectivity index (χ2n) is 8.08. The van der Waals surface area contributed by atoms with Crippen molar-refractivity contribution in [3.63, 3.8) is 0 Å². The average Bonchev–Trinajstić information content (AvgIpc) is 3.10. The molecule has 1 aromatic heterocycles. The minimum Gasteiger partial charge on any atom is -0.508 e. The molecule has 0 aliphatic rings. The molecule has 168 valence electrons. The van der Waals surface area contributed by atoms with Crippen LogP contribution in [-0.4, -0.2) is 27.7 Å². The van der Waals surface area contributed by atoms with Gasteiger partial charge in [-0.25, -0.2) is 0 Å². The van der Waals surface area contributed by atoms with Gasteiger partial charge in [0.25, 0.3) is 5.91 Å². The number of aromatic amines is 1. The van der Waals surface area contributed by atoms with Gasteiger partial charge in [-0.2, -0.15) is 4.99 Å². The standard InChI is InChI=1S/C27H27N3O3/c1-18-4-6-19(7-5-18)16-24-25(17-20-8-12-22(31)13-9-20)30(2)27(28-24)29-26(32)21-10-14-23(33-3)15-11-21/h4-15,31H,16-17H2,1-3H3,(H,28,29,32). The number of carbonyl (C=O) groups excluding carboxylic acids is 1. The van der Waals surface area contributed by atoms with Gasteiger partial charge in [-0.3, -0.25) is 4.79 Å². The molecule has 6 nitrogen and oxygen atoms in total. The van der Waals surface area contributed by atoms with Gasteiger partial charge in [0.05, 0.1) is 7.11 Å². The summed E-state index contributed by atoms with van der Waals surface area (Å²) in [6, 6.07) is 22.5. The third-order valence-electron chi connectivity index (χ3n) is 5.69. The first kappa shape index (κ1) is 22.1. The second-order valence-corrected chi connectivity index (χ2v) is 8.08. The monoisotopic (exact) mass is 441 g/mol. The SMILES string of the molecule is COc1ccc(C(=O)/N=c2\[nH]c(Cc3ccc(C)cc3)c(Cc3ccc(O)cc3)n2C)cc1. The topological polar surface area (TPSA) is 79.6 Å². The lowest BCUT2D eigenvalue weighted by molar-refractivity contribution is 0.0996. The van der Waals surface area contributed by atoms with Crippen LogP contribution in [-0.2, 0) is 19.9 Å². The molecule has 0 unspecified atom stereocenters. The molecule has 0 radical (unpaired) electrons. The lowest BCUT2D eigenvalue weighted by Crippen LogP contribution is -2.19. The van der Waals surface area contributed by atoms with Gasteiger partial charge in [-0.05, 0) is 54.4 Å². The smallest absolute Gasteiger partial charge is 0.280 e. The number of aromatic hydroxyl groups is 1. The zero-order chi connectivity index (χ0) is 23.4. The number of nitrogens with one attached hydrogen (secondary N) is 1. The summed E-state index contributed by atoms with van der Waals surface area (Å²) in [4.78, 5) is 20.5. The number of H-pyrrole nitrogens is 1. The van der Waals surface area contributed by atoms with Crippen LogP contribution in [0.2, 0.25) is 0 Å². The molecule has 0 bridgehead atoms. The number of methoxy groups -OCH3 is 1. The molecule has 0 spiro atoms. The maximum atomic E-state index is 12.8. The summed E-state index contributed by atoms with van der Waals surface area (Å²) in [7, 11) is 3.50. The van der Waals surface area contributed by atoms with Crippen LogP contribution in [0.15, 0.2) is 77.8 Å². The summed E-state index contributed by atoms with van der Waals surface area (Å²) in [5.74, 6) is 0.596. The number of aromatic nitrogens is 2. The molecule has 1 heterocycles. The Balaban J connectivity index is 1.72. The van der Waals surface area contributed by atoms with Crippen molar-refractivity contribution in [3.8, 4) is 11.5 Å². The number of hydrogen-bond donors (Lipinski definition) is 2. The minimum absolute atomic E-state index is 0.234. The summed E-state index contributed by atoms with van der Waals surface area (Å²) in [5, 5.41) is 9.62. The number of nitrogens with zero attached hydrogens (tertiary/aromatic N) is 2. The first-order valence-corrected chi connectivity index (χ1v) is 10.8. The second kappa shape index (κ2) is 9.61. The largest absolute Gasteiger partial charge is 0.508 e. The first-order valence-electron chi connectivity index (χ1n) is 10.8. The van der Waals surface area contributed by atoms with Crippen LogP contribution in [0, 0.1) is 6.92 Å². The fraction of sp³-hybridized carbons (Fsp3) is 0.185. The molecule has 4 aromatic rings. The Bertz CT molecular complexity index is 1310. The Kier molecular flexibility index (Phi) is 6.45. The zero-order valence-electron chi connectivity index (χ0n) is 19.0. The van der Waals surface area contributed by atoms with Crippen molar-refractivity contribution in [1.29, 1.82) is 0 Å². The van der Waals surface area contributed by atoms with E-state index in [4.69, 9.17) is 4.74 Å². The van der Waals surface area contributed by atoms with Gasteiger partial charge in [-0.15, -0.1) is 0 Å². The number of amides is 1. The van der Waals surface area contributed by atoms with E-state index in [1.165, 1.54) is 11.1 Å². The Morgan fingerprint density at radius 2 is 1.55 bits per heavy atom. The van der Waals surface area contributed by atoms with Gasteiger partial charge >= 0.3 is 0 Å². The Labute approximate surface area is 192 Å². The van der Waals surface area contributed by atoms with Crippen molar-refractivity contribution in [2.75, 3.05) is 7.11 Å².